The number of rotatable bonds is 6. The summed E-state index contributed by atoms with van der Waals surface area (Å²) in [5, 5.41) is 0. The van der Waals surface area contributed by atoms with Gasteiger partial charge in [-0.05, 0) is 59.7 Å². The Morgan fingerprint density at radius 3 is 2.42 bits per heavy atom. The molecule has 0 amide bonds. The molecular formula is C15H18BrNOS. The van der Waals surface area contributed by atoms with Gasteiger partial charge >= 0.3 is 0 Å². The van der Waals surface area contributed by atoms with Crippen LogP contribution in [0.1, 0.15) is 17.4 Å². The van der Waals surface area contributed by atoms with Gasteiger partial charge in [-0.1, -0.05) is 12.1 Å². The Balaban J connectivity index is 1.89. The summed E-state index contributed by atoms with van der Waals surface area (Å²) < 4.78 is 6.64. The number of hydrogen-bond donors (Lipinski definition) is 0. The van der Waals surface area contributed by atoms with Crippen molar-refractivity contribution in [3.8, 4) is 5.75 Å². The van der Waals surface area contributed by atoms with Crippen LogP contribution in [-0.4, -0.2) is 18.6 Å². The molecule has 1 aromatic heterocycles. The summed E-state index contributed by atoms with van der Waals surface area (Å²) in [4.78, 5) is 3.69. The van der Waals surface area contributed by atoms with Crippen molar-refractivity contribution in [3.05, 3.63) is 50.6 Å². The molecule has 0 radical (unpaired) electrons. The van der Waals surface area contributed by atoms with Crippen LogP contribution in [-0.2, 0) is 13.1 Å². The topological polar surface area (TPSA) is 12.5 Å². The van der Waals surface area contributed by atoms with E-state index in [0.29, 0.717) is 6.61 Å². The number of thiophene rings is 1. The highest BCUT2D eigenvalue weighted by Gasteiger charge is 2.04. The van der Waals surface area contributed by atoms with E-state index in [2.05, 4.69) is 52.1 Å². The Bertz CT molecular complexity index is 509. The molecule has 0 aliphatic heterocycles. The van der Waals surface area contributed by atoms with Gasteiger partial charge < -0.3 is 4.74 Å². The Morgan fingerprint density at radius 2 is 1.84 bits per heavy atom. The number of ether oxygens (including phenoxy) is 1. The third-order valence-electron chi connectivity index (χ3n) is 2.74. The molecule has 0 fully saturated rings. The smallest absolute Gasteiger partial charge is 0.119 e. The van der Waals surface area contributed by atoms with Crippen molar-refractivity contribution in [1.29, 1.82) is 0 Å². The van der Waals surface area contributed by atoms with Crippen molar-refractivity contribution >= 4 is 27.3 Å². The second kappa shape index (κ2) is 7.08. The van der Waals surface area contributed by atoms with Crippen LogP contribution in [0, 0.1) is 0 Å². The molecule has 0 aliphatic carbocycles. The highest BCUT2D eigenvalue weighted by molar-refractivity contribution is 9.11. The number of nitrogens with zero attached hydrogens (tertiary/aromatic N) is 1. The highest BCUT2D eigenvalue weighted by atomic mass is 79.9. The molecule has 0 saturated carbocycles. The zero-order valence-corrected chi connectivity index (χ0v) is 13.6. The Kier molecular flexibility index (Phi) is 5.43. The van der Waals surface area contributed by atoms with Gasteiger partial charge in [-0.3, -0.25) is 4.90 Å². The predicted octanol–water partition coefficient (Wildman–Crippen LogP) is 4.54. The van der Waals surface area contributed by atoms with Gasteiger partial charge in [0.15, 0.2) is 0 Å². The lowest BCUT2D eigenvalue weighted by molar-refractivity contribution is 0.320. The van der Waals surface area contributed by atoms with E-state index in [1.165, 1.54) is 14.2 Å². The largest absolute Gasteiger partial charge is 0.494 e. The van der Waals surface area contributed by atoms with Crippen molar-refractivity contribution < 1.29 is 4.74 Å². The minimum Gasteiger partial charge on any atom is -0.494 e. The van der Waals surface area contributed by atoms with Crippen molar-refractivity contribution in [1.82, 2.24) is 4.90 Å². The first-order valence-electron chi connectivity index (χ1n) is 6.32. The van der Waals surface area contributed by atoms with E-state index >= 15 is 0 Å². The molecular weight excluding hydrogens is 322 g/mol. The lowest BCUT2D eigenvalue weighted by atomic mass is 10.2. The fourth-order valence-electron chi connectivity index (χ4n) is 1.93. The third kappa shape index (κ3) is 4.64. The first kappa shape index (κ1) is 14.6. The molecule has 0 atom stereocenters. The SMILES string of the molecule is CCOc1ccc(CN(C)Cc2ccc(Br)s2)cc1. The fraction of sp³-hybridized carbons (Fsp3) is 0.333. The van der Waals surface area contributed by atoms with Crippen LogP contribution < -0.4 is 4.74 Å². The molecule has 1 heterocycles. The Morgan fingerprint density at radius 1 is 1.11 bits per heavy atom. The molecule has 1 aromatic carbocycles. The van der Waals surface area contributed by atoms with Gasteiger partial charge in [0.1, 0.15) is 5.75 Å². The summed E-state index contributed by atoms with van der Waals surface area (Å²) in [6.45, 7) is 4.64. The van der Waals surface area contributed by atoms with Gasteiger partial charge in [0.2, 0.25) is 0 Å². The molecule has 2 aromatic rings. The molecule has 0 spiro atoms. The van der Waals surface area contributed by atoms with E-state index in [0.717, 1.165) is 18.8 Å². The summed E-state index contributed by atoms with van der Waals surface area (Å²) >= 11 is 5.29. The highest BCUT2D eigenvalue weighted by Crippen LogP contribution is 2.23. The maximum Gasteiger partial charge on any atom is 0.119 e. The molecule has 0 N–H and O–H groups in total. The van der Waals surface area contributed by atoms with Crippen LogP contribution >= 0.6 is 27.3 Å². The zero-order valence-electron chi connectivity index (χ0n) is 11.2. The van der Waals surface area contributed by atoms with Crippen molar-refractivity contribution in [2.75, 3.05) is 13.7 Å². The van der Waals surface area contributed by atoms with Gasteiger partial charge in [-0.15, -0.1) is 11.3 Å². The summed E-state index contributed by atoms with van der Waals surface area (Å²) in [5.74, 6) is 0.941. The molecule has 0 aliphatic rings. The van der Waals surface area contributed by atoms with Crippen LogP contribution in [0.15, 0.2) is 40.2 Å². The number of benzene rings is 1. The first-order valence-corrected chi connectivity index (χ1v) is 7.93. The normalized spacial score (nSPS) is 10.9. The molecule has 4 heteroatoms. The Hall–Kier alpha value is -0.840. The van der Waals surface area contributed by atoms with Crippen LogP contribution in [0.25, 0.3) is 0 Å². The zero-order chi connectivity index (χ0) is 13.7. The number of hydrogen-bond acceptors (Lipinski definition) is 3. The van der Waals surface area contributed by atoms with Gasteiger partial charge in [0.25, 0.3) is 0 Å². The van der Waals surface area contributed by atoms with E-state index in [-0.39, 0.29) is 0 Å². The second-order valence-electron chi connectivity index (χ2n) is 4.46. The van der Waals surface area contributed by atoms with E-state index in [1.54, 1.807) is 11.3 Å². The summed E-state index contributed by atoms with van der Waals surface area (Å²) in [5.41, 5.74) is 1.31. The fourth-order valence-corrected chi connectivity index (χ4v) is 3.49. The van der Waals surface area contributed by atoms with Crippen molar-refractivity contribution in [2.24, 2.45) is 0 Å². The minimum absolute atomic E-state index is 0.715. The van der Waals surface area contributed by atoms with Crippen LogP contribution in [0.3, 0.4) is 0 Å². The molecule has 0 bridgehead atoms. The molecule has 102 valence electrons. The van der Waals surface area contributed by atoms with E-state index in [4.69, 9.17) is 4.74 Å². The van der Waals surface area contributed by atoms with Gasteiger partial charge in [0.05, 0.1) is 10.4 Å². The predicted molar refractivity (Wildman–Crippen MR) is 84.8 cm³/mol. The van der Waals surface area contributed by atoms with Gasteiger partial charge in [-0.2, -0.15) is 0 Å². The van der Waals surface area contributed by atoms with Crippen LogP contribution in [0.5, 0.6) is 5.75 Å². The van der Waals surface area contributed by atoms with Crippen molar-refractivity contribution in [2.45, 2.75) is 20.0 Å². The number of halogens is 1. The third-order valence-corrected chi connectivity index (χ3v) is 4.35. The molecule has 2 nitrogen and oxygen atoms in total. The lowest BCUT2D eigenvalue weighted by Gasteiger charge is -2.16. The Labute approximate surface area is 127 Å². The molecule has 0 saturated heterocycles. The molecule has 19 heavy (non-hydrogen) atoms. The quantitative estimate of drug-likeness (QED) is 0.765. The minimum atomic E-state index is 0.715. The maximum absolute atomic E-state index is 5.45. The van der Waals surface area contributed by atoms with Crippen LogP contribution in [0.2, 0.25) is 0 Å². The van der Waals surface area contributed by atoms with Gasteiger partial charge in [-0.25, -0.2) is 0 Å². The average Bonchev–Trinajstić information content (AvgIpc) is 2.77. The van der Waals surface area contributed by atoms with Crippen molar-refractivity contribution in [3.63, 3.8) is 0 Å². The summed E-state index contributed by atoms with van der Waals surface area (Å²) in [7, 11) is 2.14. The molecule has 0 unspecified atom stereocenters. The molecule has 2 rings (SSSR count). The standard InChI is InChI=1S/C15H18BrNOS/c1-3-18-13-6-4-12(5-7-13)10-17(2)11-14-8-9-15(16)19-14/h4-9H,3,10-11H2,1-2H3. The monoisotopic (exact) mass is 339 g/mol. The van der Waals surface area contributed by atoms with Gasteiger partial charge in [0, 0.05) is 18.0 Å². The lowest BCUT2D eigenvalue weighted by Crippen LogP contribution is -2.16. The van der Waals surface area contributed by atoms with E-state index in [9.17, 15) is 0 Å². The van der Waals surface area contributed by atoms with E-state index in [1.807, 2.05) is 19.1 Å². The first-order chi connectivity index (χ1) is 9.17. The summed E-state index contributed by atoms with van der Waals surface area (Å²) in [6.07, 6.45) is 0. The van der Waals surface area contributed by atoms with E-state index < -0.39 is 0 Å². The van der Waals surface area contributed by atoms with Crippen LogP contribution in [0.4, 0.5) is 0 Å². The maximum atomic E-state index is 5.45. The summed E-state index contributed by atoms with van der Waals surface area (Å²) in [6, 6.07) is 12.6. The average molecular weight is 340 g/mol. The second-order valence-corrected chi connectivity index (χ2v) is 7.00.